The monoisotopic (exact) mass is 425 g/mol. The highest BCUT2D eigenvalue weighted by Gasteiger charge is 2.30. The summed E-state index contributed by atoms with van der Waals surface area (Å²) in [5.74, 6) is -0.164. The number of benzene rings is 2. The Morgan fingerprint density at radius 2 is 1.72 bits per heavy atom. The van der Waals surface area contributed by atoms with Crippen LogP contribution in [-0.2, 0) is 17.5 Å². The maximum Gasteiger partial charge on any atom is 0.416 e. The highest BCUT2D eigenvalue weighted by atomic mass is 35.5. The van der Waals surface area contributed by atoms with Crippen molar-refractivity contribution in [2.24, 2.45) is 0 Å². The topological polar surface area (TPSA) is 35.6 Å². The van der Waals surface area contributed by atoms with Crippen molar-refractivity contribution >= 4 is 23.2 Å². The SMILES string of the molecule is O=C(CCN1CCN(c2ccc(Cl)cc2)CC1)NCc1cccc(C(F)(F)F)c1. The summed E-state index contributed by atoms with van der Waals surface area (Å²) in [4.78, 5) is 16.6. The maximum atomic E-state index is 12.7. The Bertz CT molecular complexity index is 819. The third-order valence-corrected chi connectivity index (χ3v) is 5.22. The minimum absolute atomic E-state index is 0.0904. The standard InChI is InChI=1S/C21H23ClF3N3O/c22-18-4-6-19(7-5-18)28-12-10-27(11-13-28)9-8-20(29)26-15-16-2-1-3-17(14-16)21(23,24)25/h1-7,14H,8-13,15H2,(H,26,29). The number of nitrogens with zero attached hydrogens (tertiary/aromatic N) is 2. The molecule has 2 aromatic rings. The Labute approximate surface area is 173 Å². The molecule has 29 heavy (non-hydrogen) atoms. The zero-order valence-corrected chi connectivity index (χ0v) is 16.6. The van der Waals surface area contributed by atoms with Crippen LogP contribution >= 0.6 is 11.6 Å². The van der Waals surface area contributed by atoms with Crippen LogP contribution in [0.25, 0.3) is 0 Å². The van der Waals surface area contributed by atoms with Crippen LogP contribution in [0.1, 0.15) is 17.5 Å². The van der Waals surface area contributed by atoms with E-state index in [4.69, 9.17) is 11.6 Å². The summed E-state index contributed by atoms with van der Waals surface area (Å²) in [7, 11) is 0. The molecule has 0 atom stereocenters. The fraction of sp³-hybridized carbons (Fsp3) is 0.381. The fourth-order valence-electron chi connectivity index (χ4n) is 3.29. The minimum atomic E-state index is -4.38. The summed E-state index contributed by atoms with van der Waals surface area (Å²) in [5, 5.41) is 3.41. The average molecular weight is 426 g/mol. The van der Waals surface area contributed by atoms with Crippen molar-refractivity contribution in [3.63, 3.8) is 0 Å². The first-order chi connectivity index (χ1) is 13.8. The Kier molecular flexibility index (Phi) is 7.03. The van der Waals surface area contributed by atoms with Crippen LogP contribution in [0.15, 0.2) is 48.5 Å². The second kappa shape index (κ2) is 9.50. The molecule has 0 saturated carbocycles. The highest BCUT2D eigenvalue weighted by Crippen LogP contribution is 2.29. The van der Waals surface area contributed by atoms with Crippen molar-refractivity contribution in [3.8, 4) is 0 Å². The lowest BCUT2D eigenvalue weighted by Crippen LogP contribution is -2.47. The number of carbonyl (C=O) groups is 1. The first kappa shape index (κ1) is 21.5. The molecule has 1 aliphatic heterocycles. The van der Waals surface area contributed by atoms with Gasteiger partial charge in [0, 0.05) is 56.4 Å². The van der Waals surface area contributed by atoms with Gasteiger partial charge in [-0.2, -0.15) is 13.2 Å². The molecule has 1 saturated heterocycles. The number of hydrogen-bond donors (Lipinski definition) is 1. The predicted octanol–water partition coefficient (Wildman–Crippen LogP) is 4.19. The van der Waals surface area contributed by atoms with Crippen LogP contribution < -0.4 is 10.2 Å². The van der Waals surface area contributed by atoms with E-state index < -0.39 is 11.7 Å². The second-order valence-electron chi connectivity index (χ2n) is 7.03. The summed E-state index contributed by atoms with van der Waals surface area (Å²) in [6, 6.07) is 12.8. The van der Waals surface area contributed by atoms with Crippen molar-refractivity contribution in [1.82, 2.24) is 10.2 Å². The molecule has 0 unspecified atom stereocenters. The van der Waals surface area contributed by atoms with Gasteiger partial charge >= 0.3 is 6.18 Å². The smallest absolute Gasteiger partial charge is 0.369 e. The van der Waals surface area contributed by atoms with Gasteiger partial charge in [-0.25, -0.2) is 0 Å². The number of nitrogens with one attached hydrogen (secondary N) is 1. The Morgan fingerprint density at radius 1 is 1.03 bits per heavy atom. The van der Waals surface area contributed by atoms with Gasteiger partial charge in [-0.1, -0.05) is 23.7 Å². The zero-order valence-electron chi connectivity index (χ0n) is 15.9. The molecule has 1 amide bonds. The molecule has 0 spiro atoms. The molecule has 156 valence electrons. The first-order valence-corrected chi connectivity index (χ1v) is 9.85. The normalized spacial score (nSPS) is 15.4. The van der Waals surface area contributed by atoms with Gasteiger partial charge in [0.05, 0.1) is 5.56 Å². The molecule has 1 aliphatic rings. The van der Waals surface area contributed by atoms with Gasteiger partial charge in [0.1, 0.15) is 0 Å². The molecule has 0 aromatic heterocycles. The Hall–Kier alpha value is -2.25. The molecule has 4 nitrogen and oxygen atoms in total. The number of piperazine rings is 1. The van der Waals surface area contributed by atoms with Crippen LogP contribution in [0, 0.1) is 0 Å². The lowest BCUT2D eigenvalue weighted by atomic mass is 10.1. The number of carbonyl (C=O) groups excluding carboxylic acids is 1. The summed E-state index contributed by atoms with van der Waals surface area (Å²) in [5.41, 5.74) is 0.862. The lowest BCUT2D eigenvalue weighted by molar-refractivity contribution is -0.137. The largest absolute Gasteiger partial charge is 0.416 e. The molecule has 0 aliphatic carbocycles. The minimum Gasteiger partial charge on any atom is -0.369 e. The fourth-order valence-corrected chi connectivity index (χ4v) is 3.41. The van der Waals surface area contributed by atoms with Crippen LogP contribution in [0.4, 0.5) is 18.9 Å². The van der Waals surface area contributed by atoms with Gasteiger partial charge in [0.15, 0.2) is 0 Å². The van der Waals surface area contributed by atoms with Crippen molar-refractivity contribution in [3.05, 3.63) is 64.7 Å². The maximum absolute atomic E-state index is 12.7. The molecule has 1 heterocycles. The van der Waals surface area contributed by atoms with E-state index in [-0.39, 0.29) is 12.5 Å². The van der Waals surface area contributed by atoms with E-state index >= 15 is 0 Å². The van der Waals surface area contributed by atoms with Gasteiger partial charge in [-0.15, -0.1) is 0 Å². The number of rotatable bonds is 6. The molecule has 2 aromatic carbocycles. The van der Waals surface area contributed by atoms with Crippen LogP contribution in [0.2, 0.25) is 5.02 Å². The molecule has 8 heteroatoms. The number of anilines is 1. The molecule has 0 radical (unpaired) electrons. The summed E-state index contributed by atoms with van der Waals surface area (Å²) in [6.07, 6.45) is -4.06. The summed E-state index contributed by atoms with van der Waals surface area (Å²) >= 11 is 5.92. The van der Waals surface area contributed by atoms with Crippen LogP contribution in [0.5, 0.6) is 0 Å². The van der Waals surface area contributed by atoms with Gasteiger partial charge in [-0.05, 0) is 42.0 Å². The van der Waals surface area contributed by atoms with Gasteiger partial charge in [0.2, 0.25) is 5.91 Å². The lowest BCUT2D eigenvalue weighted by Gasteiger charge is -2.36. The second-order valence-corrected chi connectivity index (χ2v) is 7.47. The van der Waals surface area contributed by atoms with Gasteiger partial charge in [-0.3, -0.25) is 9.69 Å². The third-order valence-electron chi connectivity index (χ3n) is 4.96. The number of amides is 1. The molecule has 0 bridgehead atoms. The molecular weight excluding hydrogens is 403 g/mol. The van der Waals surface area contributed by atoms with Crippen molar-refractivity contribution in [2.75, 3.05) is 37.6 Å². The van der Waals surface area contributed by atoms with Crippen molar-refractivity contribution in [1.29, 1.82) is 0 Å². The summed E-state index contributed by atoms with van der Waals surface area (Å²) < 4.78 is 38.2. The van der Waals surface area contributed by atoms with E-state index in [0.717, 1.165) is 44.0 Å². The number of halogens is 4. The summed E-state index contributed by atoms with van der Waals surface area (Å²) in [6.45, 7) is 4.16. The van der Waals surface area contributed by atoms with E-state index in [1.165, 1.54) is 6.07 Å². The zero-order chi connectivity index (χ0) is 20.9. The quantitative estimate of drug-likeness (QED) is 0.754. The third kappa shape index (κ3) is 6.37. The molecule has 1 fully saturated rings. The molecule has 1 N–H and O–H groups in total. The Balaban J connectivity index is 1.39. The van der Waals surface area contributed by atoms with Crippen molar-refractivity contribution in [2.45, 2.75) is 19.1 Å². The highest BCUT2D eigenvalue weighted by molar-refractivity contribution is 6.30. The van der Waals surface area contributed by atoms with Crippen molar-refractivity contribution < 1.29 is 18.0 Å². The Morgan fingerprint density at radius 3 is 2.38 bits per heavy atom. The van der Waals surface area contributed by atoms with E-state index in [0.29, 0.717) is 23.6 Å². The predicted molar refractivity (Wildman–Crippen MR) is 108 cm³/mol. The first-order valence-electron chi connectivity index (χ1n) is 9.47. The van der Waals surface area contributed by atoms with Gasteiger partial charge in [0.25, 0.3) is 0 Å². The van der Waals surface area contributed by atoms with E-state index in [1.54, 1.807) is 6.07 Å². The molecular formula is C21H23ClF3N3O. The van der Waals surface area contributed by atoms with E-state index in [9.17, 15) is 18.0 Å². The number of hydrogen-bond acceptors (Lipinski definition) is 3. The van der Waals surface area contributed by atoms with E-state index in [2.05, 4.69) is 15.1 Å². The van der Waals surface area contributed by atoms with Gasteiger partial charge < -0.3 is 10.2 Å². The number of alkyl halides is 3. The van der Waals surface area contributed by atoms with Crippen LogP contribution in [-0.4, -0.2) is 43.5 Å². The molecule has 3 rings (SSSR count). The van der Waals surface area contributed by atoms with E-state index in [1.807, 2.05) is 24.3 Å². The van der Waals surface area contributed by atoms with Crippen LogP contribution in [0.3, 0.4) is 0 Å². The average Bonchev–Trinajstić information content (AvgIpc) is 2.71.